The molecule has 0 aromatic rings. The molecule has 2 heterocycles. The smallest absolute Gasteiger partial charge is 0.340 e. The lowest BCUT2D eigenvalue weighted by atomic mass is 10.1. The average Bonchev–Trinajstić information content (AvgIpc) is 2.87. The van der Waals surface area contributed by atoms with E-state index in [4.69, 9.17) is 14.9 Å². The molecule has 1 fully saturated rings. The van der Waals surface area contributed by atoms with E-state index in [1.807, 2.05) is 0 Å². The SMILES string of the molecule is O=C(O)C[C@H](O)C(=O)O/C=C1/O[C@@H](N2C=CCC(C(=O)O)=C2)[C@H](O)[C@@H]1O. The quantitative estimate of drug-likeness (QED) is 0.271. The van der Waals surface area contributed by atoms with Crippen molar-refractivity contribution >= 4 is 17.9 Å². The molecule has 0 spiro atoms. The van der Waals surface area contributed by atoms with E-state index in [-0.39, 0.29) is 17.8 Å². The molecule has 0 bridgehead atoms. The second-order valence-corrected chi connectivity index (χ2v) is 5.51. The van der Waals surface area contributed by atoms with Crippen LogP contribution in [0.25, 0.3) is 0 Å². The molecular formula is C15H17NO10. The van der Waals surface area contributed by atoms with Gasteiger partial charge in [-0.25, -0.2) is 9.59 Å². The molecule has 11 nitrogen and oxygen atoms in total. The number of carboxylic acid groups (broad SMARTS) is 2. The highest BCUT2D eigenvalue weighted by molar-refractivity contribution is 5.87. The van der Waals surface area contributed by atoms with Gasteiger partial charge in [-0.1, -0.05) is 6.08 Å². The summed E-state index contributed by atoms with van der Waals surface area (Å²) in [6.07, 6.45) is -1.98. The summed E-state index contributed by atoms with van der Waals surface area (Å²) in [6.45, 7) is 0. The van der Waals surface area contributed by atoms with Crippen molar-refractivity contribution in [1.29, 1.82) is 0 Å². The number of rotatable bonds is 6. The molecule has 0 aromatic carbocycles. The van der Waals surface area contributed by atoms with Crippen LogP contribution in [0.3, 0.4) is 0 Å². The van der Waals surface area contributed by atoms with Crippen LogP contribution in [0.4, 0.5) is 0 Å². The first-order chi connectivity index (χ1) is 12.2. The number of carboxylic acids is 2. The van der Waals surface area contributed by atoms with Crippen LogP contribution in [-0.2, 0) is 23.9 Å². The number of nitrogens with zero attached hydrogens (tertiary/aromatic N) is 1. The molecule has 0 radical (unpaired) electrons. The molecule has 26 heavy (non-hydrogen) atoms. The number of ether oxygens (including phenoxy) is 2. The van der Waals surface area contributed by atoms with Crippen molar-refractivity contribution in [3.63, 3.8) is 0 Å². The molecule has 2 aliphatic rings. The number of aliphatic hydroxyl groups excluding tert-OH is 3. The molecule has 4 atom stereocenters. The Bertz CT molecular complexity index is 682. The van der Waals surface area contributed by atoms with Gasteiger partial charge in [-0.15, -0.1) is 0 Å². The summed E-state index contributed by atoms with van der Waals surface area (Å²) in [6, 6.07) is 0. The predicted octanol–water partition coefficient (Wildman–Crippen LogP) is -1.53. The predicted molar refractivity (Wildman–Crippen MR) is 80.6 cm³/mol. The minimum atomic E-state index is -1.91. The van der Waals surface area contributed by atoms with Gasteiger partial charge in [0, 0.05) is 18.8 Å². The standard InChI is InChI=1S/C15H17NO10/c17-8(4-10(18)19)15(24)25-6-9-11(20)12(21)13(26-9)16-3-1-2-7(5-16)14(22)23/h1,3,5-6,8,11-13,17,20-21H,2,4H2,(H,18,19)(H,22,23)/b9-6+/t8-,11+,12+,13+/m0/s1. The third-order valence-electron chi connectivity index (χ3n) is 3.58. The monoisotopic (exact) mass is 371 g/mol. The Hall–Kier alpha value is -2.89. The molecular weight excluding hydrogens is 354 g/mol. The van der Waals surface area contributed by atoms with E-state index in [0.717, 1.165) is 0 Å². The number of hydrogen-bond donors (Lipinski definition) is 5. The Morgan fingerprint density at radius 1 is 1.35 bits per heavy atom. The summed E-state index contributed by atoms with van der Waals surface area (Å²) in [5.74, 6) is -4.18. The lowest BCUT2D eigenvalue weighted by Crippen LogP contribution is -2.39. The van der Waals surface area contributed by atoms with Gasteiger partial charge < -0.3 is 39.9 Å². The van der Waals surface area contributed by atoms with Crippen LogP contribution in [-0.4, -0.2) is 72.9 Å². The lowest BCUT2D eigenvalue weighted by Gasteiger charge is -2.27. The number of aliphatic hydroxyl groups is 3. The van der Waals surface area contributed by atoms with Crippen molar-refractivity contribution in [3.05, 3.63) is 36.1 Å². The van der Waals surface area contributed by atoms with Crippen LogP contribution in [0, 0.1) is 0 Å². The van der Waals surface area contributed by atoms with Crippen LogP contribution in [0.15, 0.2) is 36.1 Å². The maximum absolute atomic E-state index is 11.4. The van der Waals surface area contributed by atoms with Gasteiger partial charge >= 0.3 is 17.9 Å². The van der Waals surface area contributed by atoms with E-state index in [9.17, 15) is 29.7 Å². The Kier molecular flexibility index (Phi) is 5.97. The molecule has 142 valence electrons. The zero-order valence-corrected chi connectivity index (χ0v) is 13.3. The summed E-state index contributed by atoms with van der Waals surface area (Å²) in [5.41, 5.74) is 0.0402. The fourth-order valence-electron chi connectivity index (χ4n) is 2.26. The van der Waals surface area contributed by atoms with Crippen molar-refractivity contribution in [1.82, 2.24) is 4.90 Å². The highest BCUT2D eigenvalue weighted by Crippen LogP contribution is 2.29. The second-order valence-electron chi connectivity index (χ2n) is 5.51. The third kappa shape index (κ3) is 4.39. The molecule has 0 aliphatic carbocycles. The Balaban J connectivity index is 2.06. The van der Waals surface area contributed by atoms with Gasteiger partial charge in [-0.2, -0.15) is 0 Å². The first kappa shape index (κ1) is 19.4. The molecule has 5 N–H and O–H groups in total. The molecule has 0 saturated carbocycles. The van der Waals surface area contributed by atoms with E-state index in [1.165, 1.54) is 23.4 Å². The summed E-state index contributed by atoms with van der Waals surface area (Å²) < 4.78 is 9.83. The van der Waals surface area contributed by atoms with E-state index in [1.54, 1.807) is 0 Å². The van der Waals surface area contributed by atoms with Crippen LogP contribution in [0.2, 0.25) is 0 Å². The second kappa shape index (κ2) is 7.99. The minimum absolute atomic E-state index is 0.0402. The topological polar surface area (TPSA) is 174 Å². The van der Waals surface area contributed by atoms with Gasteiger partial charge in [0.05, 0.1) is 12.0 Å². The molecule has 11 heteroatoms. The Morgan fingerprint density at radius 2 is 2.04 bits per heavy atom. The van der Waals surface area contributed by atoms with E-state index in [0.29, 0.717) is 6.26 Å². The summed E-state index contributed by atoms with van der Waals surface area (Å²) in [7, 11) is 0. The van der Waals surface area contributed by atoms with Gasteiger partial charge in [-0.3, -0.25) is 4.79 Å². The fourth-order valence-corrected chi connectivity index (χ4v) is 2.26. The summed E-state index contributed by atoms with van der Waals surface area (Å²) in [5, 5.41) is 46.8. The molecule has 0 amide bonds. The van der Waals surface area contributed by atoms with Crippen LogP contribution in [0.5, 0.6) is 0 Å². The number of aliphatic carboxylic acids is 2. The normalized spacial score (nSPS) is 27.7. The number of carbonyl (C=O) groups is 3. The fraction of sp³-hybridized carbons (Fsp3) is 0.400. The molecule has 1 saturated heterocycles. The zero-order chi connectivity index (χ0) is 19.4. The van der Waals surface area contributed by atoms with Crippen LogP contribution >= 0.6 is 0 Å². The number of esters is 1. The highest BCUT2D eigenvalue weighted by Gasteiger charge is 2.43. The molecule has 2 aliphatic heterocycles. The minimum Gasteiger partial charge on any atom is -0.481 e. The van der Waals surface area contributed by atoms with Crippen LogP contribution in [0.1, 0.15) is 12.8 Å². The van der Waals surface area contributed by atoms with Crippen molar-refractivity contribution in [2.24, 2.45) is 0 Å². The number of hydrogen-bond acceptors (Lipinski definition) is 9. The summed E-state index contributed by atoms with van der Waals surface area (Å²) in [4.78, 5) is 34.1. The molecule has 0 aromatic heterocycles. The first-order valence-corrected chi connectivity index (χ1v) is 7.42. The van der Waals surface area contributed by atoms with Gasteiger partial charge in [-0.05, 0) is 0 Å². The largest absolute Gasteiger partial charge is 0.481 e. The van der Waals surface area contributed by atoms with Crippen molar-refractivity contribution in [2.75, 3.05) is 0 Å². The van der Waals surface area contributed by atoms with Crippen molar-refractivity contribution in [2.45, 2.75) is 37.4 Å². The Labute approximate surface area is 146 Å². The molecule has 2 rings (SSSR count). The van der Waals surface area contributed by atoms with Gasteiger partial charge in [0.25, 0.3) is 0 Å². The number of allylic oxidation sites excluding steroid dienone is 1. The maximum atomic E-state index is 11.4. The third-order valence-corrected chi connectivity index (χ3v) is 3.58. The zero-order valence-electron chi connectivity index (χ0n) is 13.3. The molecule has 0 unspecified atom stereocenters. The number of carbonyl (C=O) groups excluding carboxylic acids is 1. The average molecular weight is 371 g/mol. The highest BCUT2D eigenvalue weighted by atomic mass is 16.6. The maximum Gasteiger partial charge on any atom is 0.340 e. The Morgan fingerprint density at radius 3 is 2.65 bits per heavy atom. The van der Waals surface area contributed by atoms with Crippen molar-refractivity contribution in [3.8, 4) is 0 Å². The van der Waals surface area contributed by atoms with Gasteiger partial charge in [0.2, 0.25) is 6.23 Å². The summed E-state index contributed by atoms with van der Waals surface area (Å²) >= 11 is 0. The van der Waals surface area contributed by atoms with E-state index >= 15 is 0 Å². The van der Waals surface area contributed by atoms with E-state index in [2.05, 4.69) is 4.74 Å². The van der Waals surface area contributed by atoms with Crippen LogP contribution < -0.4 is 0 Å². The first-order valence-electron chi connectivity index (χ1n) is 7.42. The van der Waals surface area contributed by atoms with E-state index < -0.39 is 48.9 Å². The lowest BCUT2D eigenvalue weighted by molar-refractivity contribution is -0.153. The van der Waals surface area contributed by atoms with Gasteiger partial charge in [0.1, 0.15) is 18.5 Å². The van der Waals surface area contributed by atoms with Crippen molar-refractivity contribution < 1.29 is 49.4 Å². The van der Waals surface area contributed by atoms with Gasteiger partial charge in [0.15, 0.2) is 11.9 Å².